The first-order valence-corrected chi connectivity index (χ1v) is 10.5. The highest BCUT2D eigenvalue weighted by atomic mass is 35.5. The van der Waals surface area contributed by atoms with E-state index in [4.69, 9.17) is 21.1 Å². The predicted octanol–water partition coefficient (Wildman–Crippen LogP) is 2.35. The predicted molar refractivity (Wildman–Crippen MR) is 117 cm³/mol. The second-order valence-electron chi connectivity index (χ2n) is 7.22. The maximum absolute atomic E-state index is 15.1. The van der Waals surface area contributed by atoms with Crippen LogP contribution in [-0.2, 0) is 19.6 Å². The summed E-state index contributed by atoms with van der Waals surface area (Å²) in [6.45, 7) is 4.82. The molecule has 0 atom stereocenters. The van der Waals surface area contributed by atoms with Gasteiger partial charge < -0.3 is 14.6 Å². The number of aliphatic hydroxyl groups excluding tert-OH is 1. The van der Waals surface area contributed by atoms with Crippen LogP contribution in [0.25, 0.3) is 5.82 Å². The molecule has 3 aromatic rings. The first kappa shape index (κ1) is 24.3. The number of methoxy groups -OCH3 is 1. The van der Waals surface area contributed by atoms with Gasteiger partial charge in [-0.3, -0.25) is 9.36 Å². The number of ketones is 1. The van der Waals surface area contributed by atoms with Crippen LogP contribution in [0.2, 0.25) is 5.02 Å². The van der Waals surface area contributed by atoms with E-state index in [2.05, 4.69) is 15.1 Å². The Labute approximate surface area is 193 Å². The van der Waals surface area contributed by atoms with Crippen LogP contribution >= 0.6 is 11.6 Å². The van der Waals surface area contributed by atoms with Gasteiger partial charge in [0.2, 0.25) is 11.8 Å². The van der Waals surface area contributed by atoms with Gasteiger partial charge in [0.1, 0.15) is 11.6 Å². The molecule has 0 aromatic carbocycles. The topological polar surface area (TPSA) is 121 Å². The van der Waals surface area contributed by atoms with E-state index < -0.39 is 35.8 Å². The van der Waals surface area contributed by atoms with Crippen molar-refractivity contribution in [1.29, 1.82) is 0 Å². The summed E-state index contributed by atoms with van der Waals surface area (Å²) >= 11 is 6.23. The van der Waals surface area contributed by atoms with Crippen molar-refractivity contribution in [3.8, 4) is 17.6 Å². The van der Waals surface area contributed by atoms with E-state index in [9.17, 15) is 14.7 Å². The third-order valence-electron chi connectivity index (χ3n) is 4.65. The summed E-state index contributed by atoms with van der Waals surface area (Å²) in [4.78, 5) is 33.8. The van der Waals surface area contributed by atoms with Crippen LogP contribution in [0.3, 0.4) is 0 Å². The molecule has 33 heavy (non-hydrogen) atoms. The lowest BCUT2D eigenvalue weighted by Crippen LogP contribution is -2.26. The van der Waals surface area contributed by atoms with Crippen LogP contribution in [0, 0.1) is 5.82 Å². The van der Waals surface area contributed by atoms with Gasteiger partial charge in [-0.15, -0.1) is 5.10 Å². The van der Waals surface area contributed by atoms with Gasteiger partial charge in [0.25, 0.3) is 0 Å². The van der Waals surface area contributed by atoms with E-state index in [0.717, 1.165) is 10.7 Å². The molecule has 0 bridgehead atoms. The van der Waals surface area contributed by atoms with Crippen molar-refractivity contribution < 1.29 is 23.8 Å². The van der Waals surface area contributed by atoms with Gasteiger partial charge in [-0.2, -0.15) is 9.67 Å². The Hall–Kier alpha value is -3.31. The maximum Gasteiger partial charge on any atom is 0.352 e. The molecule has 0 radical (unpaired) electrons. The molecule has 0 aliphatic heterocycles. The highest BCUT2D eigenvalue weighted by Crippen LogP contribution is 2.28. The SMILES string of the molecule is CCn1c(CO)nn(-c2nc(OC(C)C)c(C(=O)Cc3ccnc(OC)c3Cl)cc2F)c1=O. The van der Waals surface area contributed by atoms with Gasteiger partial charge in [0.15, 0.2) is 23.2 Å². The number of carbonyl (C=O) groups is 1. The Morgan fingerprint density at radius 2 is 2.06 bits per heavy atom. The first-order valence-electron chi connectivity index (χ1n) is 10.1. The lowest BCUT2D eigenvalue weighted by Gasteiger charge is -2.15. The largest absolute Gasteiger partial charge is 0.480 e. The van der Waals surface area contributed by atoms with Crippen molar-refractivity contribution in [2.45, 2.75) is 46.4 Å². The fourth-order valence-electron chi connectivity index (χ4n) is 3.14. The number of pyridine rings is 2. The Bertz CT molecular complexity index is 1240. The number of aromatic nitrogens is 5. The number of hydrogen-bond donors (Lipinski definition) is 1. The molecule has 0 saturated heterocycles. The molecular weight excluding hydrogens is 457 g/mol. The summed E-state index contributed by atoms with van der Waals surface area (Å²) < 4.78 is 27.7. The van der Waals surface area contributed by atoms with Crippen LogP contribution in [0.1, 0.15) is 42.5 Å². The van der Waals surface area contributed by atoms with Crippen LogP contribution < -0.4 is 15.2 Å². The number of rotatable bonds is 9. The molecule has 10 nitrogen and oxygen atoms in total. The summed E-state index contributed by atoms with van der Waals surface area (Å²) in [5.74, 6) is -1.87. The number of ether oxygens (including phenoxy) is 2. The van der Waals surface area contributed by atoms with Crippen LogP contribution in [0.4, 0.5) is 4.39 Å². The van der Waals surface area contributed by atoms with E-state index in [1.165, 1.54) is 17.9 Å². The van der Waals surface area contributed by atoms with Crippen LogP contribution in [0.15, 0.2) is 23.1 Å². The average Bonchev–Trinajstić information content (AvgIpc) is 3.10. The van der Waals surface area contributed by atoms with Gasteiger partial charge in [0, 0.05) is 19.2 Å². The van der Waals surface area contributed by atoms with Crippen molar-refractivity contribution in [2.24, 2.45) is 0 Å². The maximum atomic E-state index is 15.1. The van der Waals surface area contributed by atoms with Crippen molar-refractivity contribution in [2.75, 3.05) is 7.11 Å². The van der Waals surface area contributed by atoms with E-state index in [-0.39, 0.29) is 41.1 Å². The number of aliphatic hydroxyl groups is 1. The first-order chi connectivity index (χ1) is 15.7. The molecule has 0 saturated carbocycles. The van der Waals surface area contributed by atoms with Gasteiger partial charge in [-0.1, -0.05) is 11.6 Å². The monoisotopic (exact) mass is 479 g/mol. The molecule has 0 unspecified atom stereocenters. The molecule has 0 fully saturated rings. The van der Waals surface area contributed by atoms with Crippen molar-refractivity contribution >= 4 is 17.4 Å². The number of hydrogen-bond acceptors (Lipinski definition) is 8. The second kappa shape index (κ2) is 10.1. The molecule has 0 amide bonds. The zero-order chi connectivity index (χ0) is 24.3. The molecule has 3 rings (SSSR count). The molecular formula is C21H23ClFN5O5. The van der Waals surface area contributed by atoms with Crippen molar-refractivity contribution in [3.05, 3.63) is 56.6 Å². The van der Waals surface area contributed by atoms with Gasteiger partial charge >= 0.3 is 5.69 Å². The summed E-state index contributed by atoms with van der Waals surface area (Å²) in [5, 5.41) is 13.6. The normalized spacial score (nSPS) is 11.2. The lowest BCUT2D eigenvalue weighted by atomic mass is 10.0. The molecule has 0 aliphatic carbocycles. The number of halogens is 2. The molecule has 12 heteroatoms. The Morgan fingerprint density at radius 1 is 1.33 bits per heavy atom. The van der Waals surface area contributed by atoms with Gasteiger partial charge in [-0.25, -0.2) is 14.2 Å². The highest BCUT2D eigenvalue weighted by Gasteiger charge is 2.24. The van der Waals surface area contributed by atoms with Crippen molar-refractivity contribution in [1.82, 2.24) is 24.3 Å². The minimum Gasteiger partial charge on any atom is -0.480 e. The molecule has 0 spiro atoms. The molecule has 0 aliphatic rings. The fraction of sp³-hybridized carbons (Fsp3) is 0.381. The summed E-state index contributed by atoms with van der Waals surface area (Å²) in [7, 11) is 1.40. The van der Waals surface area contributed by atoms with Crippen LogP contribution in [-0.4, -0.2) is 48.4 Å². The Kier molecular flexibility index (Phi) is 7.44. The third-order valence-corrected chi connectivity index (χ3v) is 5.05. The summed E-state index contributed by atoms with van der Waals surface area (Å²) in [6.07, 6.45) is 0.853. The second-order valence-corrected chi connectivity index (χ2v) is 7.60. The van der Waals surface area contributed by atoms with E-state index in [0.29, 0.717) is 5.56 Å². The standard InChI is InChI=1S/C21H23ClFN5O5/c1-5-27-16(10-29)26-28(21(27)31)18-14(23)9-13(19(25-18)33-11(2)3)15(30)8-12-6-7-24-20(32-4)17(12)22/h6-7,9,11,29H,5,8,10H2,1-4H3. The zero-order valence-electron chi connectivity index (χ0n) is 18.5. The van der Waals surface area contributed by atoms with E-state index in [1.807, 2.05) is 0 Å². The smallest absolute Gasteiger partial charge is 0.352 e. The number of Topliss-reactive ketones (excluding diaryl/α,β-unsaturated/α-hetero) is 1. The molecule has 3 aromatic heterocycles. The minimum atomic E-state index is -0.958. The van der Waals surface area contributed by atoms with Crippen LogP contribution in [0.5, 0.6) is 11.8 Å². The third kappa shape index (κ3) is 4.88. The summed E-state index contributed by atoms with van der Waals surface area (Å²) in [6, 6.07) is 2.50. The zero-order valence-corrected chi connectivity index (χ0v) is 19.3. The fourth-order valence-corrected chi connectivity index (χ4v) is 3.40. The molecule has 1 N–H and O–H groups in total. The molecule has 176 valence electrons. The Balaban J connectivity index is 2.09. The van der Waals surface area contributed by atoms with Gasteiger partial charge in [-0.05, 0) is 38.5 Å². The lowest BCUT2D eigenvalue weighted by molar-refractivity contribution is 0.0985. The Morgan fingerprint density at radius 3 is 2.64 bits per heavy atom. The number of carbonyl (C=O) groups excluding carboxylic acids is 1. The van der Waals surface area contributed by atoms with Crippen molar-refractivity contribution in [3.63, 3.8) is 0 Å². The molecule has 3 heterocycles. The number of nitrogens with zero attached hydrogens (tertiary/aromatic N) is 5. The minimum absolute atomic E-state index is 0.0523. The van der Waals surface area contributed by atoms with E-state index >= 15 is 4.39 Å². The van der Waals surface area contributed by atoms with Gasteiger partial charge in [0.05, 0.1) is 18.8 Å². The summed E-state index contributed by atoms with van der Waals surface area (Å²) in [5.41, 5.74) is -0.376. The highest BCUT2D eigenvalue weighted by molar-refractivity contribution is 6.32. The quantitative estimate of drug-likeness (QED) is 0.464. The average molecular weight is 480 g/mol. The van der Waals surface area contributed by atoms with E-state index in [1.54, 1.807) is 26.8 Å².